The van der Waals surface area contributed by atoms with Crippen molar-refractivity contribution in [1.29, 1.82) is 0 Å². The number of imide groups is 1. The van der Waals surface area contributed by atoms with Gasteiger partial charge >= 0.3 is 12.0 Å². The number of carbonyl (C=O) groups excluding carboxylic acids is 3. The zero-order valence-corrected chi connectivity index (χ0v) is 17.6. The molecule has 0 aliphatic rings. The average Bonchev–Trinajstić information content (AvgIpc) is 2.74. The summed E-state index contributed by atoms with van der Waals surface area (Å²) in [5.74, 6) is -0.620. The van der Waals surface area contributed by atoms with Crippen molar-refractivity contribution in [2.45, 2.75) is 26.3 Å². The fourth-order valence-corrected chi connectivity index (χ4v) is 2.64. The molecule has 2 aromatic carbocycles. The maximum Gasteiger partial charge on any atom is 0.329 e. The standard InChI is InChI=1S/C22H27N3O5/c1-15-9-8-12-18(16(15)2)24-21(28)25-19(26)13-23-22(3,20(27)29-4)14-30-17-10-6-5-7-11-17/h5-12,23H,13-14H2,1-4H3,(H2,24,25,26,28). The first-order chi connectivity index (χ1) is 14.2. The predicted molar refractivity (Wildman–Crippen MR) is 113 cm³/mol. The SMILES string of the molecule is COC(=O)C(C)(COc1ccccc1)NCC(=O)NC(=O)Nc1cccc(C)c1C. The molecule has 8 heteroatoms. The van der Waals surface area contributed by atoms with Gasteiger partial charge in [-0.1, -0.05) is 30.3 Å². The quantitative estimate of drug-likeness (QED) is 0.575. The molecule has 3 amide bonds. The Hall–Kier alpha value is -3.39. The molecule has 8 nitrogen and oxygen atoms in total. The van der Waals surface area contributed by atoms with Gasteiger partial charge in [0.25, 0.3) is 0 Å². The minimum atomic E-state index is -1.29. The highest BCUT2D eigenvalue weighted by atomic mass is 16.5. The van der Waals surface area contributed by atoms with Crippen LogP contribution in [-0.2, 0) is 14.3 Å². The van der Waals surface area contributed by atoms with E-state index in [2.05, 4.69) is 16.0 Å². The molecule has 1 unspecified atom stereocenters. The van der Waals surface area contributed by atoms with Crippen molar-refractivity contribution in [3.05, 3.63) is 59.7 Å². The highest BCUT2D eigenvalue weighted by Crippen LogP contribution is 2.17. The van der Waals surface area contributed by atoms with Crippen LogP contribution in [0.2, 0.25) is 0 Å². The normalized spacial score (nSPS) is 12.4. The third kappa shape index (κ3) is 6.31. The molecule has 0 fully saturated rings. The van der Waals surface area contributed by atoms with Gasteiger partial charge in [-0.05, 0) is 50.1 Å². The molecule has 0 aliphatic heterocycles. The van der Waals surface area contributed by atoms with Crippen LogP contribution in [0.5, 0.6) is 5.75 Å². The minimum Gasteiger partial charge on any atom is -0.491 e. The molecule has 0 saturated carbocycles. The van der Waals surface area contributed by atoms with Crippen molar-refractivity contribution in [3.63, 3.8) is 0 Å². The molecule has 0 bridgehead atoms. The van der Waals surface area contributed by atoms with E-state index in [1.807, 2.05) is 32.0 Å². The molecule has 0 spiro atoms. The summed E-state index contributed by atoms with van der Waals surface area (Å²) in [6.45, 7) is 5.02. The van der Waals surface area contributed by atoms with Crippen LogP contribution in [0.3, 0.4) is 0 Å². The number of methoxy groups -OCH3 is 1. The van der Waals surface area contributed by atoms with Crippen molar-refractivity contribution in [3.8, 4) is 5.75 Å². The number of rotatable bonds is 8. The van der Waals surface area contributed by atoms with E-state index < -0.39 is 23.4 Å². The largest absolute Gasteiger partial charge is 0.491 e. The van der Waals surface area contributed by atoms with Crippen LogP contribution in [0.25, 0.3) is 0 Å². The van der Waals surface area contributed by atoms with Crippen molar-refractivity contribution < 1.29 is 23.9 Å². The second-order valence-corrected chi connectivity index (χ2v) is 7.03. The lowest BCUT2D eigenvalue weighted by Gasteiger charge is -2.27. The Kier molecular flexibility index (Phi) is 7.94. The fourth-order valence-electron chi connectivity index (χ4n) is 2.64. The number of para-hydroxylation sites is 1. The van der Waals surface area contributed by atoms with Crippen LogP contribution in [0.4, 0.5) is 10.5 Å². The molecule has 2 aromatic rings. The Balaban J connectivity index is 1.92. The molecule has 1 atom stereocenters. The van der Waals surface area contributed by atoms with E-state index in [1.165, 1.54) is 7.11 Å². The van der Waals surface area contributed by atoms with E-state index in [0.29, 0.717) is 11.4 Å². The first kappa shape index (κ1) is 22.9. The van der Waals surface area contributed by atoms with E-state index in [0.717, 1.165) is 11.1 Å². The van der Waals surface area contributed by atoms with Crippen molar-refractivity contribution >= 4 is 23.6 Å². The summed E-state index contributed by atoms with van der Waals surface area (Å²) in [7, 11) is 1.25. The Labute approximate surface area is 175 Å². The smallest absolute Gasteiger partial charge is 0.329 e. The first-order valence-corrected chi connectivity index (χ1v) is 9.43. The fraction of sp³-hybridized carbons (Fsp3) is 0.318. The van der Waals surface area contributed by atoms with Gasteiger partial charge in [0.15, 0.2) is 0 Å². The molecule has 0 aliphatic carbocycles. The molecule has 3 N–H and O–H groups in total. The van der Waals surface area contributed by atoms with Gasteiger partial charge in [0.2, 0.25) is 5.91 Å². The summed E-state index contributed by atoms with van der Waals surface area (Å²) < 4.78 is 10.5. The molecule has 2 rings (SSSR count). The lowest BCUT2D eigenvalue weighted by molar-refractivity contribution is -0.149. The second-order valence-electron chi connectivity index (χ2n) is 7.03. The van der Waals surface area contributed by atoms with Gasteiger partial charge in [0.05, 0.1) is 13.7 Å². The summed E-state index contributed by atoms with van der Waals surface area (Å²) in [5.41, 5.74) is 1.26. The summed E-state index contributed by atoms with van der Waals surface area (Å²) in [6, 6.07) is 13.8. The highest BCUT2D eigenvalue weighted by molar-refractivity contribution is 6.02. The lowest BCUT2D eigenvalue weighted by Crippen LogP contribution is -2.57. The molecular weight excluding hydrogens is 386 g/mol. The maximum absolute atomic E-state index is 12.2. The van der Waals surface area contributed by atoms with Crippen LogP contribution in [0, 0.1) is 13.8 Å². The van der Waals surface area contributed by atoms with Gasteiger partial charge in [-0.2, -0.15) is 0 Å². The number of esters is 1. The highest BCUT2D eigenvalue weighted by Gasteiger charge is 2.36. The number of amides is 3. The van der Waals surface area contributed by atoms with E-state index in [9.17, 15) is 14.4 Å². The number of nitrogens with one attached hydrogen (secondary N) is 3. The van der Waals surface area contributed by atoms with E-state index in [4.69, 9.17) is 9.47 Å². The number of hydrogen-bond acceptors (Lipinski definition) is 6. The van der Waals surface area contributed by atoms with Gasteiger partial charge in [-0.15, -0.1) is 0 Å². The average molecular weight is 413 g/mol. The van der Waals surface area contributed by atoms with Gasteiger partial charge in [-0.25, -0.2) is 9.59 Å². The monoisotopic (exact) mass is 413 g/mol. The Morgan fingerprint density at radius 1 is 1.00 bits per heavy atom. The molecular formula is C22H27N3O5. The van der Waals surface area contributed by atoms with Crippen LogP contribution in [0.1, 0.15) is 18.1 Å². The van der Waals surface area contributed by atoms with Crippen molar-refractivity contribution in [2.24, 2.45) is 0 Å². The summed E-state index contributed by atoms with van der Waals surface area (Å²) in [6.07, 6.45) is 0. The van der Waals surface area contributed by atoms with Crippen LogP contribution < -0.4 is 20.7 Å². The zero-order valence-electron chi connectivity index (χ0n) is 17.6. The summed E-state index contributed by atoms with van der Waals surface area (Å²) in [5, 5.41) is 7.69. The van der Waals surface area contributed by atoms with Gasteiger partial charge in [0, 0.05) is 5.69 Å². The first-order valence-electron chi connectivity index (χ1n) is 9.43. The molecule has 0 saturated heterocycles. The lowest BCUT2D eigenvalue weighted by atomic mass is 10.0. The summed E-state index contributed by atoms with van der Waals surface area (Å²) in [4.78, 5) is 36.5. The van der Waals surface area contributed by atoms with Gasteiger partial charge in [-0.3, -0.25) is 15.4 Å². The number of urea groups is 1. The number of anilines is 1. The number of ether oxygens (including phenoxy) is 2. The molecule has 0 aromatic heterocycles. The number of hydrogen-bond donors (Lipinski definition) is 3. The molecule has 0 radical (unpaired) electrons. The molecule has 0 heterocycles. The van der Waals surface area contributed by atoms with E-state index >= 15 is 0 Å². The van der Waals surface area contributed by atoms with Gasteiger partial charge in [0.1, 0.15) is 17.9 Å². The minimum absolute atomic E-state index is 0.0638. The van der Waals surface area contributed by atoms with Crippen LogP contribution >= 0.6 is 0 Å². The Morgan fingerprint density at radius 3 is 2.37 bits per heavy atom. The Bertz CT molecular complexity index is 901. The summed E-state index contributed by atoms with van der Waals surface area (Å²) >= 11 is 0. The van der Waals surface area contributed by atoms with Gasteiger partial charge < -0.3 is 14.8 Å². The topological polar surface area (TPSA) is 106 Å². The van der Waals surface area contributed by atoms with Crippen LogP contribution in [-0.4, -0.2) is 43.7 Å². The van der Waals surface area contributed by atoms with Crippen LogP contribution in [0.15, 0.2) is 48.5 Å². The molecule has 160 valence electrons. The number of benzene rings is 2. The van der Waals surface area contributed by atoms with Crippen molar-refractivity contribution in [1.82, 2.24) is 10.6 Å². The number of carbonyl (C=O) groups is 3. The Morgan fingerprint density at radius 2 is 1.70 bits per heavy atom. The van der Waals surface area contributed by atoms with E-state index in [-0.39, 0.29) is 13.2 Å². The molecule has 30 heavy (non-hydrogen) atoms. The predicted octanol–water partition coefficient (Wildman–Crippen LogP) is 2.55. The zero-order chi connectivity index (χ0) is 22.1. The van der Waals surface area contributed by atoms with Crippen molar-refractivity contribution in [2.75, 3.05) is 25.6 Å². The van der Waals surface area contributed by atoms with E-state index in [1.54, 1.807) is 37.3 Å². The number of aryl methyl sites for hydroxylation is 1. The second kappa shape index (κ2) is 10.4. The third-order valence-electron chi connectivity index (χ3n) is 4.65. The maximum atomic E-state index is 12.2. The third-order valence-corrected chi connectivity index (χ3v) is 4.65.